The Morgan fingerprint density at radius 2 is 1.61 bits per heavy atom. The number of nitrogens with zero attached hydrogens (tertiary/aromatic N) is 1. The van der Waals surface area contributed by atoms with E-state index in [1.165, 1.54) is 30.1 Å². The molecule has 1 aliphatic rings. The van der Waals surface area contributed by atoms with Gasteiger partial charge >= 0.3 is 12.4 Å². The SMILES string of the molecule is CCCC(=O)N1Cc2cc(S(=O)(=O)NC)ccc2[C@H]1C(=O)Nc1ccc(C(O)(C(F)(F)F)C(F)(F)F)cc1. The Kier molecular flexibility index (Phi) is 7.88. The second-order valence-electron chi connectivity index (χ2n) is 8.51. The van der Waals surface area contributed by atoms with E-state index in [9.17, 15) is 49.5 Å². The van der Waals surface area contributed by atoms with Gasteiger partial charge in [0.2, 0.25) is 15.9 Å². The Labute approximate surface area is 213 Å². The van der Waals surface area contributed by atoms with Crippen LogP contribution in [0.5, 0.6) is 0 Å². The number of anilines is 1. The number of hydrogen-bond donors (Lipinski definition) is 3. The lowest BCUT2D eigenvalue weighted by Gasteiger charge is -2.32. The third-order valence-electron chi connectivity index (χ3n) is 6.06. The molecule has 0 unspecified atom stereocenters. The molecule has 0 spiro atoms. The van der Waals surface area contributed by atoms with Gasteiger partial charge in [-0.05, 0) is 48.9 Å². The van der Waals surface area contributed by atoms with Crippen LogP contribution in [0.25, 0.3) is 0 Å². The van der Waals surface area contributed by atoms with Crippen LogP contribution >= 0.6 is 0 Å². The van der Waals surface area contributed by atoms with Gasteiger partial charge in [-0.1, -0.05) is 25.1 Å². The van der Waals surface area contributed by atoms with E-state index in [-0.39, 0.29) is 23.5 Å². The number of carbonyl (C=O) groups is 2. The Bertz CT molecular complexity index is 1310. The molecule has 15 heteroatoms. The number of rotatable bonds is 7. The molecular weight excluding hydrogens is 544 g/mol. The molecular formula is C23H23F6N3O5S. The molecule has 208 valence electrons. The molecule has 1 heterocycles. The summed E-state index contributed by atoms with van der Waals surface area (Å²) in [5.74, 6) is -1.25. The summed E-state index contributed by atoms with van der Waals surface area (Å²) < 4.78 is 105. The monoisotopic (exact) mass is 567 g/mol. The lowest BCUT2D eigenvalue weighted by Crippen LogP contribution is -2.53. The number of carbonyl (C=O) groups excluding carboxylic acids is 2. The van der Waals surface area contributed by atoms with Gasteiger partial charge in [-0.15, -0.1) is 0 Å². The quantitative estimate of drug-likeness (QED) is 0.441. The summed E-state index contributed by atoms with van der Waals surface area (Å²) in [7, 11) is -2.61. The third kappa shape index (κ3) is 5.22. The van der Waals surface area contributed by atoms with Crippen LogP contribution in [0.2, 0.25) is 0 Å². The number of amides is 2. The smallest absolute Gasteiger partial charge is 0.369 e. The van der Waals surface area contributed by atoms with Crippen molar-refractivity contribution in [2.24, 2.45) is 0 Å². The molecule has 2 amide bonds. The molecule has 0 bridgehead atoms. The van der Waals surface area contributed by atoms with Gasteiger partial charge in [-0.25, -0.2) is 13.1 Å². The molecule has 0 aromatic heterocycles. The number of alkyl halides is 6. The van der Waals surface area contributed by atoms with Crippen LogP contribution in [0, 0.1) is 0 Å². The molecule has 2 aromatic rings. The second kappa shape index (κ2) is 10.2. The maximum Gasteiger partial charge on any atom is 0.430 e. The van der Waals surface area contributed by atoms with Crippen LogP contribution in [0.15, 0.2) is 47.4 Å². The van der Waals surface area contributed by atoms with Crippen molar-refractivity contribution >= 4 is 27.5 Å². The predicted molar refractivity (Wildman–Crippen MR) is 122 cm³/mol. The fourth-order valence-electron chi connectivity index (χ4n) is 4.08. The number of hydrogen-bond acceptors (Lipinski definition) is 5. The molecule has 38 heavy (non-hydrogen) atoms. The average molecular weight is 568 g/mol. The van der Waals surface area contributed by atoms with Gasteiger partial charge in [0.1, 0.15) is 6.04 Å². The van der Waals surface area contributed by atoms with E-state index < -0.39 is 51.4 Å². The molecule has 1 atom stereocenters. The summed E-state index contributed by atoms with van der Waals surface area (Å²) in [6.45, 7) is 1.64. The van der Waals surface area contributed by atoms with E-state index in [4.69, 9.17) is 0 Å². The van der Waals surface area contributed by atoms with Crippen molar-refractivity contribution in [3.63, 3.8) is 0 Å². The van der Waals surface area contributed by atoms with Crippen molar-refractivity contribution in [3.05, 3.63) is 59.2 Å². The maximum atomic E-state index is 13.2. The van der Waals surface area contributed by atoms with Crippen molar-refractivity contribution in [3.8, 4) is 0 Å². The highest BCUT2D eigenvalue weighted by Gasteiger charge is 2.71. The Balaban J connectivity index is 1.95. The topological polar surface area (TPSA) is 116 Å². The van der Waals surface area contributed by atoms with Gasteiger partial charge in [-0.2, -0.15) is 26.3 Å². The average Bonchev–Trinajstić information content (AvgIpc) is 3.22. The van der Waals surface area contributed by atoms with E-state index in [0.29, 0.717) is 29.7 Å². The summed E-state index contributed by atoms with van der Waals surface area (Å²) in [6, 6.07) is 4.95. The summed E-state index contributed by atoms with van der Waals surface area (Å²) in [5, 5.41) is 11.9. The molecule has 1 aliphatic heterocycles. The molecule has 3 N–H and O–H groups in total. The first-order valence-electron chi connectivity index (χ1n) is 11.1. The Morgan fingerprint density at radius 1 is 1.03 bits per heavy atom. The van der Waals surface area contributed by atoms with Gasteiger partial charge in [0.05, 0.1) is 4.90 Å². The number of nitrogens with one attached hydrogen (secondary N) is 2. The fourth-order valence-corrected chi connectivity index (χ4v) is 4.86. The van der Waals surface area contributed by atoms with E-state index in [1.54, 1.807) is 6.92 Å². The zero-order valence-corrected chi connectivity index (χ0v) is 20.8. The van der Waals surface area contributed by atoms with E-state index in [0.717, 1.165) is 12.1 Å². The number of halogens is 6. The van der Waals surface area contributed by atoms with Gasteiger partial charge in [0.15, 0.2) is 0 Å². The Hall–Kier alpha value is -3.17. The molecule has 8 nitrogen and oxygen atoms in total. The fraction of sp³-hybridized carbons (Fsp3) is 0.391. The highest BCUT2D eigenvalue weighted by atomic mass is 32.2. The van der Waals surface area contributed by atoms with Crippen LogP contribution in [0.3, 0.4) is 0 Å². The van der Waals surface area contributed by atoms with Crippen molar-refractivity contribution in [2.45, 2.75) is 55.2 Å². The van der Waals surface area contributed by atoms with Gasteiger partial charge in [0, 0.05) is 24.2 Å². The van der Waals surface area contributed by atoms with Gasteiger partial charge in [-0.3, -0.25) is 9.59 Å². The van der Waals surface area contributed by atoms with Crippen molar-refractivity contribution in [1.82, 2.24) is 9.62 Å². The predicted octanol–water partition coefficient (Wildman–Crippen LogP) is 3.73. The molecule has 0 saturated heterocycles. The van der Waals surface area contributed by atoms with Crippen LogP contribution in [-0.2, 0) is 31.8 Å². The lowest BCUT2D eigenvalue weighted by molar-refractivity contribution is -0.376. The molecule has 2 aromatic carbocycles. The summed E-state index contributed by atoms with van der Waals surface area (Å²) in [6.07, 6.45) is -11.6. The summed E-state index contributed by atoms with van der Waals surface area (Å²) in [5.41, 5.74) is -6.14. The standard InChI is InChI=1S/C23H23F6N3O5S/c1-3-4-18(33)32-12-13-11-16(38(36,37)30-2)9-10-17(13)19(32)20(34)31-15-7-5-14(6-8-15)21(35,22(24,25)26)23(27,28)29/h5-11,19,30,35H,3-4,12H2,1-2H3,(H,31,34)/t19-/m0/s1. The van der Waals surface area contributed by atoms with Crippen LogP contribution in [0.4, 0.5) is 32.0 Å². The van der Waals surface area contributed by atoms with E-state index >= 15 is 0 Å². The summed E-state index contributed by atoms with van der Waals surface area (Å²) >= 11 is 0. The third-order valence-corrected chi connectivity index (χ3v) is 7.48. The molecule has 0 fully saturated rings. The number of aliphatic hydroxyl groups is 1. The minimum atomic E-state index is -6.07. The molecule has 0 radical (unpaired) electrons. The van der Waals surface area contributed by atoms with Crippen molar-refractivity contribution in [2.75, 3.05) is 12.4 Å². The zero-order chi connectivity index (χ0) is 28.7. The first kappa shape index (κ1) is 29.4. The first-order chi connectivity index (χ1) is 17.5. The number of fused-ring (bicyclic) bond motifs is 1. The highest BCUT2D eigenvalue weighted by molar-refractivity contribution is 7.89. The second-order valence-corrected chi connectivity index (χ2v) is 10.4. The number of sulfonamides is 1. The maximum absolute atomic E-state index is 13.2. The highest BCUT2D eigenvalue weighted by Crippen LogP contribution is 2.50. The van der Waals surface area contributed by atoms with Crippen LogP contribution in [-0.4, -0.2) is 49.6 Å². The minimum absolute atomic E-state index is 0.0710. The normalized spacial score (nSPS) is 16.3. The van der Waals surface area contributed by atoms with E-state index in [2.05, 4.69) is 10.0 Å². The van der Waals surface area contributed by atoms with E-state index in [1.807, 2.05) is 0 Å². The molecule has 0 aliphatic carbocycles. The Morgan fingerprint density at radius 3 is 2.11 bits per heavy atom. The first-order valence-corrected chi connectivity index (χ1v) is 12.6. The molecule has 0 saturated carbocycles. The number of benzene rings is 2. The van der Waals surface area contributed by atoms with Crippen molar-refractivity contribution in [1.29, 1.82) is 0 Å². The summed E-state index contributed by atoms with van der Waals surface area (Å²) in [4.78, 5) is 27.0. The lowest BCUT2D eigenvalue weighted by atomic mass is 9.92. The molecule has 3 rings (SSSR count). The largest absolute Gasteiger partial charge is 0.430 e. The van der Waals surface area contributed by atoms with Gasteiger partial charge < -0.3 is 15.3 Å². The van der Waals surface area contributed by atoms with Crippen LogP contribution < -0.4 is 10.0 Å². The van der Waals surface area contributed by atoms with Gasteiger partial charge in [0.25, 0.3) is 11.5 Å². The minimum Gasteiger partial charge on any atom is -0.369 e. The van der Waals surface area contributed by atoms with Crippen LogP contribution in [0.1, 0.15) is 42.5 Å². The zero-order valence-electron chi connectivity index (χ0n) is 19.9. The van der Waals surface area contributed by atoms with Crippen molar-refractivity contribution < 1.29 is 49.5 Å².